The minimum absolute atomic E-state index is 0.246. The Kier molecular flexibility index (Phi) is 4.64. The van der Waals surface area contributed by atoms with Gasteiger partial charge in [-0.2, -0.15) is 0 Å². The van der Waals surface area contributed by atoms with E-state index in [4.69, 9.17) is 0 Å². The van der Waals surface area contributed by atoms with E-state index in [0.29, 0.717) is 28.0 Å². The van der Waals surface area contributed by atoms with Crippen molar-refractivity contribution in [3.8, 4) is 0 Å². The predicted molar refractivity (Wildman–Crippen MR) is 99.0 cm³/mol. The van der Waals surface area contributed by atoms with Crippen molar-refractivity contribution in [2.75, 3.05) is 22.4 Å². The highest BCUT2D eigenvalue weighted by molar-refractivity contribution is 9.10. The van der Waals surface area contributed by atoms with Gasteiger partial charge in [-0.3, -0.25) is 9.10 Å². The fraction of sp³-hybridized carbons (Fsp3) is 0.235. The first-order valence-electron chi connectivity index (χ1n) is 7.53. The molecule has 5 nitrogen and oxygen atoms in total. The minimum atomic E-state index is -3.33. The second-order valence-electron chi connectivity index (χ2n) is 5.72. The van der Waals surface area contributed by atoms with Gasteiger partial charge in [-0.1, -0.05) is 18.2 Å². The number of hydrogen-bond donors (Lipinski definition) is 1. The van der Waals surface area contributed by atoms with Crippen LogP contribution in [-0.2, 0) is 16.4 Å². The topological polar surface area (TPSA) is 66.5 Å². The maximum absolute atomic E-state index is 12.4. The van der Waals surface area contributed by atoms with E-state index in [1.165, 1.54) is 10.6 Å². The standard InChI is InChI=1S/C17H17BrN2O3S/c1-24(22,23)20-10-4-5-12-8-9-13(11-16(12)20)19-17(21)14-6-2-3-7-15(14)18/h2-3,6-9,11H,4-5,10H2,1H3,(H,19,21). The average Bonchev–Trinajstić information content (AvgIpc) is 2.53. The quantitative estimate of drug-likeness (QED) is 0.845. The molecule has 0 saturated carbocycles. The molecule has 2 aromatic rings. The number of aryl methyl sites for hydroxylation is 1. The zero-order valence-corrected chi connectivity index (χ0v) is 15.5. The van der Waals surface area contributed by atoms with E-state index < -0.39 is 10.0 Å². The van der Waals surface area contributed by atoms with Crippen LogP contribution in [0.3, 0.4) is 0 Å². The summed E-state index contributed by atoms with van der Waals surface area (Å²) in [6, 6.07) is 12.6. The van der Waals surface area contributed by atoms with Crippen LogP contribution < -0.4 is 9.62 Å². The Hall–Kier alpha value is -1.86. The van der Waals surface area contributed by atoms with Crippen molar-refractivity contribution in [3.63, 3.8) is 0 Å². The molecule has 1 amide bonds. The van der Waals surface area contributed by atoms with Crippen molar-refractivity contribution < 1.29 is 13.2 Å². The number of nitrogens with one attached hydrogen (secondary N) is 1. The van der Waals surface area contributed by atoms with Crippen LogP contribution in [0.5, 0.6) is 0 Å². The molecule has 0 unspecified atom stereocenters. The lowest BCUT2D eigenvalue weighted by molar-refractivity contribution is 0.102. The molecule has 0 saturated heterocycles. The zero-order chi connectivity index (χ0) is 17.3. The van der Waals surface area contributed by atoms with Crippen LogP contribution in [-0.4, -0.2) is 27.1 Å². The Labute approximate surface area is 149 Å². The van der Waals surface area contributed by atoms with Gasteiger partial charge >= 0.3 is 0 Å². The number of rotatable bonds is 3. The summed E-state index contributed by atoms with van der Waals surface area (Å²) >= 11 is 3.36. The highest BCUT2D eigenvalue weighted by atomic mass is 79.9. The van der Waals surface area contributed by atoms with Crippen LogP contribution in [0.25, 0.3) is 0 Å². The van der Waals surface area contributed by atoms with Crippen LogP contribution in [0.15, 0.2) is 46.9 Å². The first-order chi connectivity index (χ1) is 11.4. The molecule has 2 aromatic carbocycles. The zero-order valence-electron chi connectivity index (χ0n) is 13.1. The van der Waals surface area contributed by atoms with Gasteiger partial charge in [-0.25, -0.2) is 8.42 Å². The van der Waals surface area contributed by atoms with Crippen LogP contribution >= 0.6 is 15.9 Å². The molecule has 0 aromatic heterocycles. The summed E-state index contributed by atoms with van der Waals surface area (Å²) in [6.07, 6.45) is 2.83. The molecule has 1 N–H and O–H groups in total. The fourth-order valence-electron chi connectivity index (χ4n) is 2.81. The van der Waals surface area contributed by atoms with Gasteiger partial charge in [0, 0.05) is 16.7 Å². The second kappa shape index (κ2) is 6.57. The maximum atomic E-state index is 12.4. The molecule has 1 aliphatic heterocycles. The number of nitrogens with zero attached hydrogens (tertiary/aromatic N) is 1. The van der Waals surface area contributed by atoms with Crippen molar-refractivity contribution in [2.45, 2.75) is 12.8 Å². The molecule has 1 heterocycles. The SMILES string of the molecule is CS(=O)(=O)N1CCCc2ccc(NC(=O)c3ccccc3Br)cc21. The van der Waals surface area contributed by atoms with Crippen molar-refractivity contribution >= 4 is 43.2 Å². The number of amides is 1. The summed E-state index contributed by atoms with van der Waals surface area (Å²) in [5.74, 6) is -0.246. The molecular weight excluding hydrogens is 392 g/mol. The number of anilines is 2. The summed E-state index contributed by atoms with van der Waals surface area (Å²) in [5, 5.41) is 2.83. The number of carbonyl (C=O) groups excluding carboxylic acids is 1. The van der Waals surface area contributed by atoms with Gasteiger partial charge in [0.15, 0.2) is 0 Å². The second-order valence-corrected chi connectivity index (χ2v) is 8.48. The van der Waals surface area contributed by atoms with E-state index in [-0.39, 0.29) is 5.91 Å². The number of halogens is 1. The molecular formula is C17H17BrN2O3S. The van der Waals surface area contributed by atoms with Gasteiger partial charge in [-0.05, 0) is 58.6 Å². The molecule has 7 heteroatoms. The summed E-state index contributed by atoms with van der Waals surface area (Å²) in [4.78, 5) is 12.4. The largest absolute Gasteiger partial charge is 0.322 e. The van der Waals surface area contributed by atoms with E-state index in [1.54, 1.807) is 30.3 Å². The molecule has 0 atom stereocenters. The van der Waals surface area contributed by atoms with E-state index in [9.17, 15) is 13.2 Å². The lowest BCUT2D eigenvalue weighted by Crippen LogP contribution is -2.34. The van der Waals surface area contributed by atoms with Crippen molar-refractivity contribution in [2.24, 2.45) is 0 Å². The van der Waals surface area contributed by atoms with Crippen LogP contribution in [0.2, 0.25) is 0 Å². The van der Waals surface area contributed by atoms with E-state index in [0.717, 1.165) is 18.4 Å². The normalized spacial score (nSPS) is 14.2. The average molecular weight is 409 g/mol. The monoisotopic (exact) mass is 408 g/mol. The van der Waals surface area contributed by atoms with Crippen LogP contribution in [0.1, 0.15) is 22.3 Å². The third kappa shape index (κ3) is 3.47. The fourth-order valence-corrected chi connectivity index (χ4v) is 4.26. The number of benzene rings is 2. The predicted octanol–water partition coefficient (Wildman–Crippen LogP) is 3.41. The molecule has 0 spiro atoms. The Morgan fingerprint density at radius 3 is 2.67 bits per heavy atom. The molecule has 0 aliphatic carbocycles. The first kappa shape index (κ1) is 17.0. The summed E-state index contributed by atoms with van der Waals surface area (Å²) in [6.45, 7) is 0.466. The van der Waals surface area contributed by atoms with Crippen molar-refractivity contribution in [3.05, 3.63) is 58.1 Å². The summed E-state index contributed by atoms with van der Waals surface area (Å²) in [5.41, 5.74) is 2.72. The summed E-state index contributed by atoms with van der Waals surface area (Å²) < 4.78 is 26.1. The molecule has 24 heavy (non-hydrogen) atoms. The minimum Gasteiger partial charge on any atom is -0.322 e. The summed E-state index contributed by atoms with van der Waals surface area (Å²) in [7, 11) is -3.33. The molecule has 0 radical (unpaired) electrons. The Balaban J connectivity index is 1.91. The van der Waals surface area contributed by atoms with Gasteiger partial charge in [0.2, 0.25) is 10.0 Å². The van der Waals surface area contributed by atoms with Gasteiger partial charge in [0.05, 0.1) is 17.5 Å². The van der Waals surface area contributed by atoms with E-state index in [1.807, 2.05) is 12.1 Å². The molecule has 3 rings (SSSR count). The highest BCUT2D eigenvalue weighted by Crippen LogP contribution is 2.32. The van der Waals surface area contributed by atoms with Crippen LogP contribution in [0.4, 0.5) is 11.4 Å². The smallest absolute Gasteiger partial charge is 0.256 e. The van der Waals surface area contributed by atoms with Gasteiger partial charge in [-0.15, -0.1) is 0 Å². The first-order valence-corrected chi connectivity index (χ1v) is 10.2. The maximum Gasteiger partial charge on any atom is 0.256 e. The van der Waals surface area contributed by atoms with E-state index >= 15 is 0 Å². The molecule has 126 valence electrons. The Morgan fingerprint density at radius 1 is 1.21 bits per heavy atom. The molecule has 0 bridgehead atoms. The van der Waals surface area contributed by atoms with Crippen molar-refractivity contribution in [1.29, 1.82) is 0 Å². The lowest BCUT2D eigenvalue weighted by atomic mass is 10.0. The molecule has 1 aliphatic rings. The van der Waals surface area contributed by atoms with E-state index in [2.05, 4.69) is 21.2 Å². The number of sulfonamides is 1. The van der Waals surface area contributed by atoms with Crippen LogP contribution in [0, 0.1) is 0 Å². The number of hydrogen-bond acceptors (Lipinski definition) is 3. The Morgan fingerprint density at radius 2 is 1.96 bits per heavy atom. The van der Waals surface area contributed by atoms with Crippen molar-refractivity contribution in [1.82, 2.24) is 0 Å². The van der Waals surface area contributed by atoms with Gasteiger partial charge in [0.25, 0.3) is 5.91 Å². The molecule has 0 fully saturated rings. The number of carbonyl (C=O) groups is 1. The highest BCUT2D eigenvalue weighted by Gasteiger charge is 2.24. The number of fused-ring (bicyclic) bond motifs is 1. The Bertz CT molecular complexity index is 896. The van der Waals surface area contributed by atoms with Gasteiger partial charge in [0.1, 0.15) is 0 Å². The van der Waals surface area contributed by atoms with Gasteiger partial charge < -0.3 is 5.32 Å². The third-order valence-corrected chi connectivity index (χ3v) is 5.81. The lowest BCUT2D eigenvalue weighted by Gasteiger charge is -2.29. The third-order valence-electron chi connectivity index (χ3n) is 3.94.